The van der Waals surface area contributed by atoms with Gasteiger partial charge in [-0.15, -0.1) is 0 Å². The van der Waals surface area contributed by atoms with E-state index in [-0.39, 0.29) is 28.1 Å². The summed E-state index contributed by atoms with van der Waals surface area (Å²) in [6, 6.07) is 3.25. The summed E-state index contributed by atoms with van der Waals surface area (Å²) in [7, 11) is -3.88. The number of carbonyl (C=O) groups excluding carboxylic acids is 2. The molecule has 1 aliphatic rings. The standard InChI is InChI=1S/C14H17BrN2O5S/c1-2-22-14(19)9-5-6-12(10(15)8-9)23(20,21)17-7-3-4-11(17)13(16)18/h5-6,8,11H,2-4,7H2,1H3,(H2,16,18)/t11-/m0/s1. The molecule has 2 N–H and O–H groups in total. The zero-order valence-corrected chi connectivity index (χ0v) is 14.9. The number of esters is 1. The fraction of sp³-hybridized carbons (Fsp3) is 0.429. The molecule has 9 heteroatoms. The first-order chi connectivity index (χ1) is 10.8. The highest BCUT2D eigenvalue weighted by atomic mass is 79.9. The molecule has 126 valence electrons. The normalized spacial score (nSPS) is 18.8. The minimum absolute atomic E-state index is 0.0151. The Kier molecular flexibility index (Phi) is 5.43. The topological polar surface area (TPSA) is 107 Å². The molecule has 0 unspecified atom stereocenters. The lowest BCUT2D eigenvalue weighted by Crippen LogP contribution is -2.43. The predicted octanol–water partition coefficient (Wildman–Crippen LogP) is 1.26. The molecule has 0 saturated carbocycles. The van der Waals surface area contributed by atoms with Crippen LogP contribution in [0.25, 0.3) is 0 Å². The molecule has 23 heavy (non-hydrogen) atoms. The maximum Gasteiger partial charge on any atom is 0.338 e. The van der Waals surface area contributed by atoms with Crippen molar-refractivity contribution >= 4 is 37.8 Å². The van der Waals surface area contributed by atoms with Crippen molar-refractivity contribution in [3.8, 4) is 0 Å². The summed E-state index contributed by atoms with van der Waals surface area (Å²) in [5, 5.41) is 0. The van der Waals surface area contributed by atoms with Crippen LogP contribution < -0.4 is 5.73 Å². The Morgan fingerprint density at radius 3 is 2.70 bits per heavy atom. The van der Waals surface area contributed by atoms with E-state index >= 15 is 0 Å². The molecule has 1 fully saturated rings. The first kappa shape index (κ1) is 17.9. The van der Waals surface area contributed by atoms with E-state index in [2.05, 4.69) is 15.9 Å². The zero-order valence-electron chi connectivity index (χ0n) is 12.5. The number of primary amides is 1. The SMILES string of the molecule is CCOC(=O)c1ccc(S(=O)(=O)N2CCC[C@H]2C(N)=O)c(Br)c1. The van der Waals surface area contributed by atoms with Crippen molar-refractivity contribution in [3.63, 3.8) is 0 Å². The molecule has 0 bridgehead atoms. The lowest BCUT2D eigenvalue weighted by atomic mass is 10.2. The van der Waals surface area contributed by atoms with Crippen LogP contribution in [0.15, 0.2) is 27.6 Å². The quantitative estimate of drug-likeness (QED) is 0.743. The van der Waals surface area contributed by atoms with Gasteiger partial charge in [0, 0.05) is 11.0 Å². The Bertz CT molecular complexity index is 735. The Hall–Kier alpha value is -1.45. The predicted molar refractivity (Wildman–Crippen MR) is 86.2 cm³/mol. The number of rotatable bonds is 5. The second-order valence-corrected chi connectivity index (χ2v) is 7.76. The molecule has 1 atom stereocenters. The van der Waals surface area contributed by atoms with Gasteiger partial charge in [-0.1, -0.05) is 0 Å². The molecule has 0 aromatic heterocycles. The van der Waals surface area contributed by atoms with Crippen LogP contribution in [0.4, 0.5) is 0 Å². The van der Waals surface area contributed by atoms with Gasteiger partial charge in [0.15, 0.2) is 0 Å². The fourth-order valence-corrected chi connectivity index (χ4v) is 5.19. The number of ether oxygens (including phenoxy) is 1. The zero-order chi connectivity index (χ0) is 17.2. The maximum absolute atomic E-state index is 12.7. The van der Waals surface area contributed by atoms with Crippen molar-refractivity contribution in [2.75, 3.05) is 13.2 Å². The van der Waals surface area contributed by atoms with Crippen LogP contribution in [0.3, 0.4) is 0 Å². The van der Waals surface area contributed by atoms with Crippen LogP contribution in [0, 0.1) is 0 Å². The van der Waals surface area contributed by atoms with Gasteiger partial charge in [0.1, 0.15) is 6.04 Å². The van der Waals surface area contributed by atoms with Gasteiger partial charge >= 0.3 is 5.97 Å². The number of nitrogens with zero attached hydrogens (tertiary/aromatic N) is 1. The number of amides is 1. The van der Waals surface area contributed by atoms with Crippen LogP contribution in [0.5, 0.6) is 0 Å². The summed E-state index contributed by atoms with van der Waals surface area (Å²) in [5.41, 5.74) is 5.52. The Morgan fingerprint density at radius 2 is 2.13 bits per heavy atom. The third-order valence-electron chi connectivity index (χ3n) is 3.56. The molecular weight excluding hydrogens is 388 g/mol. The molecule has 1 aromatic rings. The van der Waals surface area contributed by atoms with Crippen LogP contribution in [-0.4, -0.2) is 43.8 Å². The van der Waals surface area contributed by atoms with Crippen LogP contribution in [0.2, 0.25) is 0 Å². The highest BCUT2D eigenvalue weighted by molar-refractivity contribution is 9.10. The van der Waals surface area contributed by atoms with Gasteiger partial charge in [0.05, 0.1) is 17.1 Å². The van der Waals surface area contributed by atoms with Gasteiger partial charge in [-0.25, -0.2) is 13.2 Å². The summed E-state index contributed by atoms with van der Waals surface area (Å²) in [5.74, 6) is -1.20. The van der Waals surface area contributed by atoms with E-state index in [9.17, 15) is 18.0 Å². The van der Waals surface area contributed by atoms with E-state index < -0.39 is 27.9 Å². The summed E-state index contributed by atoms with van der Waals surface area (Å²) in [4.78, 5) is 23.1. The van der Waals surface area contributed by atoms with Crippen molar-refractivity contribution in [3.05, 3.63) is 28.2 Å². The van der Waals surface area contributed by atoms with Gasteiger partial charge in [-0.3, -0.25) is 4.79 Å². The van der Waals surface area contributed by atoms with Gasteiger partial charge < -0.3 is 10.5 Å². The minimum Gasteiger partial charge on any atom is -0.462 e. The molecule has 0 aliphatic carbocycles. The number of hydrogen-bond acceptors (Lipinski definition) is 5. The summed E-state index contributed by atoms with van der Waals surface area (Å²) >= 11 is 3.18. The van der Waals surface area contributed by atoms with Gasteiger partial charge in [0.2, 0.25) is 15.9 Å². The summed E-state index contributed by atoms with van der Waals surface area (Å²) < 4.78 is 31.7. The molecule has 1 amide bonds. The van der Waals surface area contributed by atoms with E-state index in [1.165, 1.54) is 18.2 Å². The molecule has 2 rings (SSSR count). The lowest BCUT2D eigenvalue weighted by molar-refractivity contribution is -0.121. The van der Waals surface area contributed by atoms with Gasteiger partial charge in [0.25, 0.3) is 0 Å². The fourth-order valence-electron chi connectivity index (χ4n) is 2.49. The van der Waals surface area contributed by atoms with Crippen molar-refractivity contribution in [1.29, 1.82) is 0 Å². The summed E-state index contributed by atoms with van der Waals surface area (Å²) in [6.45, 7) is 2.15. The van der Waals surface area contributed by atoms with E-state index in [1.807, 2.05) is 0 Å². The van der Waals surface area contributed by atoms with Crippen molar-refractivity contribution in [2.24, 2.45) is 5.73 Å². The number of nitrogens with two attached hydrogens (primary N) is 1. The largest absolute Gasteiger partial charge is 0.462 e. The monoisotopic (exact) mass is 404 g/mol. The first-order valence-corrected chi connectivity index (χ1v) is 9.30. The lowest BCUT2D eigenvalue weighted by Gasteiger charge is -2.22. The van der Waals surface area contributed by atoms with Crippen LogP contribution in [-0.2, 0) is 19.6 Å². The highest BCUT2D eigenvalue weighted by Gasteiger charge is 2.39. The Morgan fingerprint density at radius 1 is 1.43 bits per heavy atom. The van der Waals surface area contributed by atoms with E-state index in [1.54, 1.807) is 6.92 Å². The molecular formula is C14H17BrN2O5S. The molecule has 7 nitrogen and oxygen atoms in total. The first-order valence-electron chi connectivity index (χ1n) is 7.07. The Labute approximate surface area is 143 Å². The summed E-state index contributed by atoms with van der Waals surface area (Å²) in [6.07, 6.45) is 0.985. The van der Waals surface area contributed by atoms with E-state index in [4.69, 9.17) is 10.5 Å². The third-order valence-corrected chi connectivity index (χ3v) is 6.45. The van der Waals surface area contributed by atoms with Crippen molar-refractivity contribution in [1.82, 2.24) is 4.31 Å². The van der Waals surface area contributed by atoms with Crippen molar-refractivity contribution in [2.45, 2.75) is 30.7 Å². The number of hydrogen-bond donors (Lipinski definition) is 1. The number of halogens is 1. The molecule has 1 heterocycles. The number of benzene rings is 1. The Balaban J connectivity index is 2.37. The third kappa shape index (κ3) is 3.56. The molecule has 0 radical (unpaired) electrons. The van der Waals surface area contributed by atoms with Gasteiger partial charge in [-0.2, -0.15) is 4.31 Å². The average Bonchev–Trinajstić information content (AvgIpc) is 2.97. The second-order valence-electron chi connectivity index (χ2n) is 5.04. The van der Waals surface area contributed by atoms with Crippen LogP contribution >= 0.6 is 15.9 Å². The number of sulfonamides is 1. The van der Waals surface area contributed by atoms with Crippen molar-refractivity contribution < 1.29 is 22.7 Å². The second kappa shape index (κ2) is 6.98. The minimum atomic E-state index is -3.88. The molecule has 1 aromatic carbocycles. The maximum atomic E-state index is 12.7. The molecule has 0 spiro atoms. The van der Waals surface area contributed by atoms with E-state index in [0.717, 1.165) is 4.31 Å². The van der Waals surface area contributed by atoms with E-state index in [0.29, 0.717) is 12.8 Å². The molecule has 1 saturated heterocycles. The smallest absolute Gasteiger partial charge is 0.338 e. The van der Waals surface area contributed by atoms with Crippen LogP contribution in [0.1, 0.15) is 30.1 Å². The molecule has 1 aliphatic heterocycles. The highest BCUT2D eigenvalue weighted by Crippen LogP contribution is 2.31. The number of carbonyl (C=O) groups is 2. The average molecular weight is 405 g/mol. The van der Waals surface area contributed by atoms with Gasteiger partial charge in [-0.05, 0) is 53.9 Å².